The van der Waals surface area contributed by atoms with E-state index in [4.69, 9.17) is 4.74 Å². The number of carbonyl (C=O) groups is 1. The number of benzene rings is 2. The van der Waals surface area contributed by atoms with E-state index in [1.165, 1.54) is 13.2 Å². The molecule has 0 fully saturated rings. The number of carbonyl (C=O) groups excluding carboxylic acids is 1. The lowest BCUT2D eigenvalue weighted by Crippen LogP contribution is -2.32. The van der Waals surface area contributed by atoms with Gasteiger partial charge < -0.3 is 19.9 Å². The Labute approximate surface area is 153 Å². The van der Waals surface area contributed by atoms with Gasteiger partial charge in [0.2, 0.25) is 5.82 Å². The lowest BCUT2D eigenvalue weighted by atomic mass is 10.3. The number of aromatic nitrogens is 2. The fourth-order valence-corrected chi connectivity index (χ4v) is 2.65. The Morgan fingerprint density at radius 3 is 2.52 bits per heavy atom. The molecule has 2 amide bonds. The summed E-state index contributed by atoms with van der Waals surface area (Å²) in [6.07, 6.45) is -4.58. The first-order chi connectivity index (χ1) is 12.9. The third-order valence-electron chi connectivity index (χ3n) is 3.88. The number of methoxy groups -OCH3 is 1. The number of fused-ring (bicyclic) bond motifs is 1. The summed E-state index contributed by atoms with van der Waals surface area (Å²) >= 11 is 0. The Hall–Kier alpha value is -3.23. The highest BCUT2D eigenvalue weighted by Gasteiger charge is 2.37. The fraction of sp³-hybridized carbons (Fsp3) is 0.222. The molecule has 142 valence electrons. The summed E-state index contributed by atoms with van der Waals surface area (Å²) in [7, 11) is 1.53. The molecule has 0 aliphatic carbocycles. The smallest absolute Gasteiger partial charge is 0.449 e. The number of urea groups is 1. The summed E-state index contributed by atoms with van der Waals surface area (Å²) in [5.41, 5.74) is 1.16. The lowest BCUT2D eigenvalue weighted by Gasteiger charge is -2.12. The zero-order chi connectivity index (χ0) is 19.4. The number of alkyl halides is 3. The summed E-state index contributed by atoms with van der Waals surface area (Å²) in [6, 6.07) is 12.5. The number of para-hydroxylation sites is 2. The highest BCUT2D eigenvalue weighted by atomic mass is 19.4. The molecule has 0 aliphatic heterocycles. The lowest BCUT2D eigenvalue weighted by molar-refractivity contribution is -0.146. The van der Waals surface area contributed by atoms with Crippen LogP contribution in [0.4, 0.5) is 23.7 Å². The monoisotopic (exact) mass is 378 g/mol. The van der Waals surface area contributed by atoms with E-state index < -0.39 is 18.0 Å². The van der Waals surface area contributed by atoms with Crippen molar-refractivity contribution in [2.75, 3.05) is 19.0 Å². The Kier molecular flexibility index (Phi) is 5.20. The summed E-state index contributed by atoms with van der Waals surface area (Å²) in [5, 5.41) is 5.15. The van der Waals surface area contributed by atoms with Crippen molar-refractivity contribution in [3.05, 3.63) is 54.4 Å². The van der Waals surface area contributed by atoms with Gasteiger partial charge in [-0.1, -0.05) is 12.1 Å². The first kappa shape index (κ1) is 18.6. The minimum atomic E-state index is -4.58. The van der Waals surface area contributed by atoms with Crippen molar-refractivity contribution in [1.29, 1.82) is 0 Å². The normalized spacial score (nSPS) is 11.4. The SMILES string of the molecule is COc1ccc(NC(=O)NCCn2c(C(F)(F)F)nc3ccccc32)cc1. The average Bonchev–Trinajstić information content (AvgIpc) is 3.02. The van der Waals surface area contributed by atoms with Gasteiger partial charge in [0.25, 0.3) is 0 Å². The van der Waals surface area contributed by atoms with Gasteiger partial charge in [0.15, 0.2) is 0 Å². The number of imidazole rings is 1. The molecule has 1 heterocycles. The molecule has 9 heteroatoms. The molecule has 6 nitrogen and oxygen atoms in total. The van der Waals surface area contributed by atoms with Gasteiger partial charge in [-0.15, -0.1) is 0 Å². The number of ether oxygens (including phenoxy) is 1. The molecule has 3 aromatic rings. The van der Waals surface area contributed by atoms with E-state index in [0.29, 0.717) is 17.0 Å². The highest BCUT2D eigenvalue weighted by molar-refractivity contribution is 5.89. The minimum absolute atomic E-state index is 0.00538. The second-order valence-corrected chi connectivity index (χ2v) is 5.68. The number of hydrogen-bond acceptors (Lipinski definition) is 3. The van der Waals surface area contributed by atoms with Crippen LogP contribution in [-0.4, -0.2) is 29.2 Å². The van der Waals surface area contributed by atoms with E-state index in [1.54, 1.807) is 42.5 Å². The standard InChI is InChI=1S/C18H17F3N4O2/c1-27-13-8-6-12(7-9-13)23-17(26)22-10-11-25-15-5-3-2-4-14(15)24-16(25)18(19,20)21/h2-9H,10-11H2,1H3,(H2,22,23,26). The number of amides is 2. The van der Waals surface area contributed by atoms with Gasteiger partial charge >= 0.3 is 12.2 Å². The van der Waals surface area contributed by atoms with Gasteiger partial charge in [-0.2, -0.15) is 13.2 Å². The van der Waals surface area contributed by atoms with Gasteiger partial charge in [-0.25, -0.2) is 9.78 Å². The van der Waals surface area contributed by atoms with Crippen molar-refractivity contribution >= 4 is 22.8 Å². The Balaban J connectivity index is 1.65. The van der Waals surface area contributed by atoms with Gasteiger partial charge in [-0.05, 0) is 36.4 Å². The minimum Gasteiger partial charge on any atom is -0.497 e. The predicted molar refractivity (Wildman–Crippen MR) is 94.8 cm³/mol. The third kappa shape index (κ3) is 4.30. The summed E-state index contributed by atoms with van der Waals surface area (Å²) in [5.74, 6) is -0.339. The molecule has 0 spiro atoms. The van der Waals surface area contributed by atoms with Crippen molar-refractivity contribution < 1.29 is 22.7 Å². The number of nitrogens with one attached hydrogen (secondary N) is 2. The van der Waals surface area contributed by atoms with Gasteiger partial charge in [0.05, 0.1) is 18.1 Å². The maximum Gasteiger partial charge on any atom is 0.449 e. The van der Waals surface area contributed by atoms with E-state index in [-0.39, 0.29) is 18.6 Å². The van der Waals surface area contributed by atoms with E-state index in [0.717, 1.165) is 4.57 Å². The zero-order valence-corrected chi connectivity index (χ0v) is 14.4. The Morgan fingerprint density at radius 1 is 1.15 bits per heavy atom. The maximum atomic E-state index is 13.2. The van der Waals surface area contributed by atoms with Crippen molar-refractivity contribution in [2.45, 2.75) is 12.7 Å². The maximum absolute atomic E-state index is 13.2. The number of anilines is 1. The molecular formula is C18H17F3N4O2. The molecule has 2 N–H and O–H groups in total. The first-order valence-electron chi connectivity index (χ1n) is 8.10. The van der Waals surface area contributed by atoms with Crippen LogP contribution >= 0.6 is 0 Å². The largest absolute Gasteiger partial charge is 0.497 e. The Morgan fingerprint density at radius 2 is 1.85 bits per heavy atom. The van der Waals surface area contributed by atoms with Gasteiger partial charge in [-0.3, -0.25) is 0 Å². The van der Waals surface area contributed by atoms with Crippen LogP contribution in [0.15, 0.2) is 48.5 Å². The van der Waals surface area contributed by atoms with Gasteiger partial charge in [0.1, 0.15) is 5.75 Å². The summed E-state index contributed by atoms with van der Waals surface area (Å²) in [4.78, 5) is 15.6. The highest BCUT2D eigenvalue weighted by Crippen LogP contribution is 2.31. The second kappa shape index (κ2) is 7.56. The van der Waals surface area contributed by atoms with Crippen molar-refractivity contribution in [2.24, 2.45) is 0 Å². The predicted octanol–water partition coefficient (Wildman–Crippen LogP) is 3.89. The molecule has 0 saturated carbocycles. The quantitative estimate of drug-likeness (QED) is 0.708. The zero-order valence-electron chi connectivity index (χ0n) is 14.4. The summed E-state index contributed by atoms with van der Waals surface area (Å²) in [6.45, 7) is -0.0587. The van der Waals surface area contributed by atoms with Crippen LogP contribution in [0, 0.1) is 0 Å². The average molecular weight is 378 g/mol. The number of halogens is 3. The number of rotatable bonds is 5. The van der Waals surface area contributed by atoms with E-state index >= 15 is 0 Å². The van der Waals surface area contributed by atoms with Crippen LogP contribution < -0.4 is 15.4 Å². The summed E-state index contributed by atoms with van der Waals surface area (Å²) < 4.78 is 45.8. The molecule has 0 saturated heterocycles. The van der Waals surface area contributed by atoms with Crippen LogP contribution in [0.2, 0.25) is 0 Å². The van der Waals surface area contributed by atoms with E-state index in [1.807, 2.05) is 0 Å². The molecule has 27 heavy (non-hydrogen) atoms. The van der Waals surface area contributed by atoms with Crippen LogP contribution in [-0.2, 0) is 12.7 Å². The topological polar surface area (TPSA) is 68.2 Å². The van der Waals surface area contributed by atoms with E-state index in [9.17, 15) is 18.0 Å². The molecule has 1 aromatic heterocycles. The molecule has 0 radical (unpaired) electrons. The molecule has 0 aliphatic rings. The van der Waals surface area contributed by atoms with Crippen molar-refractivity contribution in [3.63, 3.8) is 0 Å². The Bertz CT molecular complexity index is 936. The first-order valence-corrected chi connectivity index (χ1v) is 8.10. The molecule has 2 aromatic carbocycles. The van der Waals surface area contributed by atoms with Crippen molar-refractivity contribution in [3.8, 4) is 5.75 Å². The second-order valence-electron chi connectivity index (χ2n) is 5.68. The number of nitrogens with zero attached hydrogens (tertiary/aromatic N) is 2. The molecular weight excluding hydrogens is 361 g/mol. The van der Waals surface area contributed by atoms with Crippen LogP contribution in [0.25, 0.3) is 11.0 Å². The van der Waals surface area contributed by atoms with Crippen molar-refractivity contribution in [1.82, 2.24) is 14.9 Å². The molecule has 3 rings (SSSR count). The molecule has 0 bridgehead atoms. The molecule has 0 atom stereocenters. The van der Waals surface area contributed by atoms with Crippen LogP contribution in [0.3, 0.4) is 0 Å². The third-order valence-corrected chi connectivity index (χ3v) is 3.88. The van der Waals surface area contributed by atoms with Crippen LogP contribution in [0.1, 0.15) is 5.82 Å². The molecule has 0 unspecified atom stereocenters. The van der Waals surface area contributed by atoms with Gasteiger partial charge in [0, 0.05) is 18.8 Å². The number of hydrogen-bond donors (Lipinski definition) is 2. The fourth-order valence-electron chi connectivity index (χ4n) is 2.65. The van der Waals surface area contributed by atoms with E-state index in [2.05, 4.69) is 15.6 Å². The van der Waals surface area contributed by atoms with Crippen LogP contribution in [0.5, 0.6) is 5.75 Å².